The highest BCUT2D eigenvalue weighted by molar-refractivity contribution is 5.86. The lowest BCUT2D eigenvalue weighted by molar-refractivity contribution is -0.147. The number of methoxy groups -OCH3 is 1. The first-order valence-electron chi connectivity index (χ1n) is 9.32. The molecule has 0 saturated carbocycles. The highest BCUT2D eigenvalue weighted by atomic mass is 35.5. The first-order valence-corrected chi connectivity index (χ1v) is 9.32. The number of benzene rings is 1. The van der Waals surface area contributed by atoms with Gasteiger partial charge in [-0.2, -0.15) is 0 Å². The molecule has 2 N–H and O–H groups in total. The molecular weight excluding hydrogens is 413 g/mol. The summed E-state index contributed by atoms with van der Waals surface area (Å²) in [5.41, 5.74) is 1.12. The zero-order valence-electron chi connectivity index (χ0n) is 16.7. The Morgan fingerprint density at radius 3 is 2.62 bits per heavy atom. The highest BCUT2D eigenvalue weighted by Crippen LogP contribution is 2.25. The second kappa shape index (κ2) is 12.0. The summed E-state index contributed by atoms with van der Waals surface area (Å²) in [6, 6.07) is 13.4. The molecule has 1 aromatic carbocycles. The van der Waals surface area contributed by atoms with E-state index in [1.807, 2.05) is 49.4 Å². The molecule has 8 heteroatoms. The maximum Gasteiger partial charge on any atom is 0.252 e. The van der Waals surface area contributed by atoms with E-state index in [-0.39, 0.29) is 36.8 Å². The molecule has 1 atom stereocenters. The Morgan fingerprint density at radius 2 is 1.97 bits per heavy atom. The van der Waals surface area contributed by atoms with Crippen LogP contribution in [0.3, 0.4) is 0 Å². The minimum absolute atomic E-state index is 0. The molecule has 29 heavy (non-hydrogen) atoms. The van der Waals surface area contributed by atoms with Crippen LogP contribution in [0.15, 0.2) is 48.7 Å². The number of hydrogen-bond acceptors (Lipinski definition) is 5. The third-order valence-electron chi connectivity index (χ3n) is 5.03. The van der Waals surface area contributed by atoms with Gasteiger partial charge in [-0.05, 0) is 62.7 Å². The number of nitrogens with zero attached hydrogens (tertiary/aromatic N) is 1. The lowest BCUT2D eigenvalue weighted by Crippen LogP contribution is -2.54. The van der Waals surface area contributed by atoms with E-state index in [1.54, 1.807) is 13.3 Å². The topological polar surface area (TPSA) is 72.5 Å². The average Bonchev–Trinajstić information content (AvgIpc) is 2.73. The normalized spacial score (nSPS) is 15.9. The molecule has 3 rings (SSSR count). The fourth-order valence-corrected chi connectivity index (χ4v) is 3.28. The fourth-order valence-electron chi connectivity index (χ4n) is 3.28. The van der Waals surface area contributed by atoms with Gasteiger partial charge in [0.15, 0.2) is 0 Å². The van der Waals surface area contributed by atoms with Crippen LogP contribution in [0.5, 0.6) is 5.75 Å². The Bertz CT molecular complexity index is 756. The Labute approximate surface area is 184 Å². The fraction of sp³-hybridized carbons (Fsp3) is 0.429. The summed E-state index contributed by atoms with van der Waals surface area (Å²) >= 11 is 0. The average molecular weight is 442 g/mol. The lowest BCUT2D eigenvalue weighted by Gasteiger charge is -2.35. The molecule has 0 bridgehead atoms. The third kappa shape index (κ3) is 6.57. The van der Waals surface area contributed by atoms with Gasteiger partial charge in [0.1, 0.15) is 18.0 Å². The maximum absolute atomic E-state index is 12.8. The first-order chi connectivity index (χ1) is 13.1. The van der Waals surface area contributed by atoms with Crippen LogP contribution in [-0.4, -0.2) is 36.7 Å². The number of halogens is 2. The number of ether oxygens (including phenoxy) is 2. The molecule has 1 unspecified atom stereocenters. The Hall–Kier alpha value is -1.86. The molecule has 1 aliphatic rings. The molecule has 1 amide bonds. The van der Waals surface area contributed by atoms with Crippen molar-refractivity contribution in [1.29, 1.82) is 0 Å². The van der Waals surface area contributed by atoms with Crippen LogP contribution < -0.4 is 15.4 Å². The van der Waals surface area contributed by atoms with E-state index >= 15 is 0 Å². The molecular formula is C21H29Cl2N3O3. The number of nitrogens with one attached hydrogen (secondary N) is 2. The van der Waals surface area contributed by atoms with Gasteiger partial charge in [0.2, 0.25) is 0 Å². The van der Waals surface area contributed by atoms with Gasteiger partial charge in [0.05, 0.1) is 11.7 Å². The van der Waals surface area contributed by atoms with E-state index in [4.69, 9.17) is 9.47 Å². The number of carbonyl (C=O) groups is 1. The Kier molecular flexibility index (Phi) is 10.4. The molecule has 1 fully saturated rings. The largest absolute Gasteiger partial charge is 0.487 e. The molecule has 0 spiro atoms. The number of hydrogen-bond donors (Lipinski definition) is 2. The van der Waals surface area contributed by atoms with Crippen molar-refractivity contribution in [2.24, 2.45) is 0 Å². The Morgan fingerprint density at radius 1 is 1.21 bits per heavy atom. The SMILES string of the molecule is COC1(C(=O)NC(C)c2cccc(OCc3ccccn3)c2)CCNCC1.Cl.Cl. The molecule has 2 heterocycles. The van der Waals surface area contributed by atoms with Crippen molar-refractivity contribution >= 4 is 30.7 Å². The lowest BCUT2D eigenvalue weighted by atomic mass is 9.90. The van der Waals surface area contributed by atoms with Gasteiger partial charge in [0, 0.05) is 13.3 Å². The number of aromatic nitrogens is 1. The molecule has 0 radical (unpaired) electrons. The molecule has 160 valence electrons. The molecule has 1 aliphatic heterocycles. The van der Waals surface area contributed by atoms with Gasteiger partial charge in [-0.3, -0.25) is 9.78 Å². The van der Waals surface area contributed by atoms with Crippen molar-refractivity contribution < 1.29 is 14.3 Å². The Balaban J connectivity index is 0.00000210. The van der Waals surface area contributed by atoms with E-state index in [2.05, 4.69) is 15.6 Å². The number of amides is 1. The minimum atomic E-state index is -0.743. The van der Waals surface area contributed by atoms with Crippen LogP contribution in [0.4, 0.5) is 0 Å². The second-order valence-corrected chi connectivity index (χ2v) is 6.83. The van der Waals surface area contributed by atoms with Crippen LogP contribution in [0.2, 0.25) is 0 Å². The second-order valence-electron chi connectivity index (χ2n) is 6.83. The van der Waals surface area contributed by atoms with E-state index < -0.39 is 5.60 Å². The van der Waals surface area contributed by atoms with Gasteiger partial charge in [-0.25, -0.2) is 0 Å². The van der Waals surface area contributed by atoms with Crippen molar-refractivity contribution in [2.75, 3.05) is 20.2 Å². The summed E-state index contributed by atoms with van der Waals surface area (Å²) in [7, 11) is 1.61. The number of piperidine rings is 1. The van der Waals surface area contributed by atoms with Crippen molar-refractivity contribution in [1.82, 2.24) is 15.6 Å². The summed E-state index contributed by atoms with van der Waals surface area (Å²) < 4.78 is 11.4. The smallest absolute Gasteiger partial charge is 0.252 e. The molecule has 2 aromatic rings. The van der Waals surface area contributed by atoms with Crippen molar-refractivity contribution in [3.63, 3.8) is 0 Å². The molecule has 1 aromatic heterocycles. The highest BCUT2D eigenvalue weighted by Gasteiger charge is 2.40. The number of carbonyl (C=O) groups excluding carboxylic acids is 1. The van der Waals surface area contributed by atoms with Gasteiger partial charge in [0.25, 0.3) is 5.91 Å². The quantitative estimate of drug-likeness (QED) is 0.688. The summed E-state index contributed by atoms with van der Waals surface area (Å²) in [5, 5.41) is 6.37. The summed E-state index contributed by atoms with van der Waals surface area (Å²) in [6.45, 7) is 3.95. The predicted molar refractivity (Wildman–Crippen MR) is 118 cm³/mol. The summed E-state index contributed by atoms with van der Waals surface area (Å²) in [4.78, 5) is 17.1. The minimum Gasteiger partial charge on any atom is -0.487 e. The van der Waals surface area contributed by atoms with Crippen LogP contribution in [0.25, 0.3) is 0 Å². The van der Waals surface area contributed by atoms with Crippen molar-refractivity contribution in [3.05, 3.63) is 59.9 Å². The molecule has 6 nitrogen and oxygen atoms in total. The zero-order valence-corrected chi connectivity index (χ0v) is 18.4. The number of pyridine rings is 1. The van der Waals surface area contributed by atoms with Crippen LogP contribution >= 0.6 is 24.8 Å². The first kappa shape index (κ1) is 25.2. The summed E-state index contributed by atoms with van der Waals surface area (Å²) in [5.74, 6) is 0.696. The zero-order chi connectivity index (χ0) is 19.1. The maximum atomic E-state index is 12.8. The van der Waals surface area contributed by atoms with Crippen molar-refractivity contribution in [2.45, 2.75) is 38.0 Å². The summed E-state index contributed by atoms with van der Waals surface area (Å²) in [6.07, 6.45) is 3.10. The van der Waals surface area contributed by atoms with Gasteiger partial charge in [-0.15, -0.1) is 24.8 Å². The van der Waals surface area contributed by atoms with Crippen LogP contribution in [0, 0.1) is 0 Å². The van der Waals surface area contributed by atoms with E-state index in [1.165, 1.54) is 0 Å². The predicted octanol–water partition coefficient (Wildman–Crippen LogP) is 3.45. The third-order valence-corrected chi connectivity index (χ3v) is 5.03. The monoisotopic (exact) mass is 441 g/mol. The van der Waals surface area contributed by atoms with Crippen molar-refractivity contribution in [3.8, 4) is 5.75 Å². The van der Waals surface area contributed by atoms with Gasteiger partial charge < -0.3 is 20.1 Å². The molecule has 1 saturated heterocycles. The van der Waals surface area contributed by atoms with Crippen LogP contribution in [0.1, 0.15) is 37.1 Å². The van der Waals surface area contributed by atoms with E-state index in [0.29, 0.717) is 19.4 Å². The van der Waals surface area contributed by atoms with Crippen LogP contribution in [-0.2, 0) is 16.1 Å². The van der Waals surface area contributed by atoms with E-state index in [9.17, 15) is 4.79 Å². The van der Waals surface area contributed by atoms with Gasteiger partial charge >= 0.3 is 0 Å². The van der Waals surface area contributed by atoms with E-state index in [0.717, 1.165) is 30.1 Å². The molecule has 0 aliphatic carbocycles. The van der Waals surface area contributed by atoms with Gasteiger partial charge in [-0.1, -0.05) is 18.2 Å². The standard InChI is InChI=1S/C21H27N3O3.2ClH/c1-16(24-20(25)21(26-2)9-12-22-13-10-21)17-6-5-8-19(14-17)27-15-18-7-3-4-11-23-18;;/h3-8,11,14,16,22H,9-10,12-13,15H2,1-2H3,(H,24,25);2*1H. The number of rotatable bonds is 7.